The smallest absolute Gasteiger partial charge is 0.0619 e. The van der Waals surface area contributed by atoms with E-state index in [2.05, 4.69) is 37.9 Å². The molecule has 1 unspecified atom stereocenters. The van der Waals surface area contributed by atoms with E-state index in [4.69, 9.17) is 4.74 Å². The zero-order chi connectivity index (χ0) is 12.0. The molecule has 1 aliphatic rings. The van der Waals surface area contributed by atoms with Crippen LogP contribution in [0, 0.1) is 5.41 Å². The highest BCUT2D eigenvalue weighted by atomic mass is 16.5. The fourth-order valence-electron chi connectivity index (χ4n) is 2.21. The number of morpholine rings is 1. The van der Waals surface area contributed by atoms with Crippen molar-refractivity contribution in [2.24, 2.45) is 5.41 Å². The van der Waals surface area contributed by atoms with E-state index in [-0.39, 0.29) is 0 Å². The first kappa shape index (κ1) is 13.9. The SMILES string of the molecule is CCCNCC(C)(C)CN1CCOCC1C. The maximum Gasteiger partial charge on any atom is 0.0619 e. The molecule has 3 heteroatoms. The minimum atomic E-state index is 0.348. The van der Waals surface area contributed by atoms with E-state index < -0.39 is 0 Å². The Morgan fingerprint density at radius 2 is 2.19 bits per heavy atom. The van der Waals surface area contributed by atoms with Crippen LogP contribution in [-0.2, 0) is 4.74 Å². The molecule has 1 N–H and O–H groups in total. The molecule has 1 rings (SSSR count). The summed E-state index contributed by atoms with van der Waals surface area (Å²) < 4.78 is 5.47. The molecule has 1 fully saturated rings. The molecular formula is C13H28N2O. The van der Waals surface area contributed by atoms with Crippen molar-refractivity contribution in [2.45, 2.75) is 40.2 Å². The molecule has 3 nitrogen and oxygen atoms in total. The maximum absolute atomic E-state index is 5.47. The number of ether oxygens (including phenoxy) is 1. The molecule has 1 saturated heterocycles. The summed E-state index contributed by atoms with van der Waals surface area (Å²) in [6, 6.07) is 0.569. The highest BCUT2D eigenvalue weighted by Gasteiger charge is 2.26. The van der Waals surface area contributed by atoms with Gasteiger partial charge in [-0.05, 0) is 25.3 Å². The highest BCUT2D eigenvalue weighted by molar-refractivity contribution is 4.80. The van der Waals surface area contributed by atoms with Crippen LogP contribution in [-0.4, -0.2) is 50.3 Å². The van der Waals surface area contributed by atoms with Gasteiger partial charge in [-0.25, -0.2) is 0 Å². The van der Waals surface area contributed by atoms with Crippen LogP contribution in [0.15, 0.2) is 0 Å². The maximum atomic E-state index is 5.47. The van der Waals surface area contributed by atoms with Gasteiger partial charge >= 0.3 is 0 Å². The first-order chi connectivity index (χ1) is 7.55. The van der Waals surface area contributed by atoms with E-state index >= 15 is 0 Å². The first-order valence-corrected chi connectivity index (χ1v) is 6.57. The second-order valence-corrected chi connectivity index (χ2v) is 5.74. The molecule has 1 atom stereocenters. The Balaban J connectivity index is 2.31. The number of nitrogens with zero attached hydrogens (tertiary/aromatic N) is 1. The third-order valence-corrected chi connectivity index (χ3v) is 3.17. The van der Waals surface area contributed by atoms with E-state index in [0.717, 1.165) is 39.4 Å². The molecule has 1 aliphatic heterocycles. The molecule has 0 aromatic heterocycles. The van der Waals surface area contributed by atoms with Crippen molar-refractivity contribution in [1.82, 2.24) is 10.2 Å². The van der Waals surface area contributed by atoms with Crippen LogP contribution in [0.4, 0.5) is 0 Å². The quantitative estimate of drug-likeness (QED) is 0.701. The normalized spacial score (nSPS) is 23.6. The Bertz CT molecular complexity index is 194. The van der Waals surface area contributed by atoms with E-state index in [9.17, 15) is 0 Å². The second-order valence-electron chi connectivity index (χ2n) is 5.74. The van der Waals surface area contributed by atoms with Gasteiger partial charge in [-0.2, -0.15) is 0 Å². The van der Waals surface area contributed by atoms with Gasteiger partial charge in [-0.15, -0.1) is 0 Å². The molecule has 0 aliphatic carbocycles. The molecule has 0 spiro atoms. The Kier molecular flexibility index (Phi) is 5.73. The Labute approximate surface area is 101 Å². The summed E-state index contributed by atoms with van der Waals surface area (Å²) in [5.41, 5.74) is 0.348. The number of hydrogen-bond acceptors (Lipinski definition) is 3. The van der Waals surface area contributed by atoms with Gasteiger partial charge in [0.15, 0.2) is 0 Å². The highest BCUT2D eigenvalue weighted by Crippen LogP contribution is 2.19. The third-order valence-electron chi connectivity index (χ3n) is 3.17. The zero-order valence-electron chi connectivity index (χ0n) is 11.4. The molecule has 1 heterocycles. The van der Waals surface area contributed by atoms with Gasteiger partial charge in [0.25, 0.3) is 0 Å². The summed E-state index contributed by atoms with van der Waals surface area (Å²) >= 11 is 0. The molecule has 0 amide bonds. The second kappa shape index (κ2) is 6.58. The standard InChI is InChI=1S/C13H28N2O/c1-5-6-14-10-13(3,4)11-15-7-8-16-9-12(15)2/h12,14H,5-11H2,1-4H3. The summed E-state index contributed by atoms with van der Waals surface area (Å²) in [7, 11) is 0. The van der Waals surface area contributed by atoms with Gasteiger partial charge in [0.2, 0.25) is 0 Å². The fourth-order valence-corrected chi connectivity index (χ4v) is 2.21. The van der Waals surface area contributed by atoms with Gasteiger partial charge < -0.3 is 10.1 Å². The van der Waals surface area contributed by atoms with Crippen LogP contribution in [0.25, 0.3) is 0 Å². The van der Waals surface area contributed by atoms with Crippen molar-refractivity contribution in [1.29, 1.82) is 0 Å². The van der Waals surface area contributed by atoms with Crippen LogP contribution in [0.2, 0.25) is 0 Å². The predicted octanol–water partition coefficient (Wildman–Crippen LogP) is 1.73. The van der Waals surface area contributed by atoms with E-state index in [1.807, 2.05) is 0 Å². The molecule has 0 saturated carbocycles. The zero-order valence-corrected chi connectivity index (χ0v) is 11.4. The van der Waals surface area contributed by atoms with E-state index in [1.54, 1.807) is 0 Å². The van der Waals surface area contributed by atoms with Crippen LogP contribution < -0.4 is 5.32 Å². The lowest BCUT2D eigenvalue weighted by Crippen LogP contribution is -2.49. The predicted molar refractivity (Wildman–Crippen MR) is 68.8 cm³/mol. The summed E-state index contributed by atoms with van der Waals surface area (Å²) in [6.45, 7) is 15.4. The molecule has 96 valence electrons. The minimum Gasteiger partial charge on any atom is -0.379 e. The van der Waals surface area contributed by atoms with Crippen LogP contribution in [0.3, 0.4) is 0 Å². The summed E-state index contributed by atoms with van der Waals surface area (Å²) in [5.74, 6) is 0. The van der Waals surface area contributed by atoms with Crippen molar-refractivity contribution in [2.75, 3.05) is 39.4 Å². The summed E-state index contributed by atoms with van der Waals surface area (Å²) in [6.07, 6.45) is 1.21. The number of nitrogens with one attached hydrogen (secondary N) is 1. The topological polar surface area (TPSA) is 24.5 Å². The Hall–Kier alpha value is -0.120. The number of rotatable bonds is 6. The lowest BCUT2D eigenvalue weighted by Gasteiger charge is -2.39. The number of hydrogen-bond donors (Lipinski definition) is 1. The van der Waals surface area contributed by atoms with Gasteiger partial charge in [0, 0.05) is 25.7 Å². The average molecular weight is 228 g/mol. The van der Waals surface area contributed by atoms with Crippen LogP contribution in [0.5, 0.6) is 0 Å². The lowest BCUT2D eigenvalue weighted by atomic mass is 9.92. The monoisotopic (exact) mass is 228 g/mol. The van der Waals surface area contributed by atoms with Gasteiger partial charge in [-0.1, -0.05) is 20.8 Å². The van der Waals surface area contributed by atoms with Crippen LogP contribution >= 0.6 is 0 Å². The van der Waals surface area contributed by atoms with Crippen LogP contribution in [0.1, 0.15) is 34.1 Å². The Morgan fingerprint density at radius 3 is 2.81 bits per heavy atom. The molecule has 0 radical (unpaired) electrons. The third kappa shape index (κ3) is 4.81. The Morgan fingerprint density at radius 1 is 1.44 bits per heavy atom. The molecule has 0 bridgehead atoms. The van der Waals surface area contributed by atoms with Crippen molar-refractivity contribution < 1.29 is 4.74 Å². The fraction of sp³-hybridized carbons (Fsp3) is 1.00. The van der Waals surface area contributed by atoms with Crippen molar-refractivity contribution >= 4 is 0 Å². The molecule has 0 aromatic rings. The van der Waals surface area contributed by atoms with Gasteiger partial charge in [0.05, 0.1) is 13.2 Å². The van der Waals surface area contributed by atoms with E-state index in [0.29, 0.717) is 11.5 Å². The van der Waals surface area contributed by atoms with Gasteiger partial charge in [-0.3, -0.25) is 4.90 Å². The average Bonchev–Trinajstić information content (AvgIpc) is 2.21. The summed E-state index contributed by atoms with van der Waals surface area (Å²) in [5, 5.41) is 3.52. The first-order valence-electron chi connectivity index (χ1n) is 6.57. The van der Waals surface area contributed by atoms with Crippen molar-refractivity contribution in [3.63, 3.8) is 0 Å². The van der Waals surface area contributed by atoms with Crippen molar-refractivity contribution in [3.05, 3.63) is 0 Å². The van der Waals surface area contributed by atoms with Gasteiger partial charge in [0.1, 0.15) is 0 Å². The summed E-state index contributed by atoms with van der Waals surface area (Å²) in [4.78, 5) is 2.55. The lowest BCUT2D eigenvalue weighted by molar-refractivity contribution is -0.0157. The molecular weight excluding hydrogens is 200 g/mol. The van der Waals surface area contributed by atoms with E-state index in [1.165, 1.54) is 6.42 Å². The molecule has 0 aromatic carbocycles. The van der Waals surface area contributed by atoms with Crippen molar-refractivity contribution in [3.8, 4) is 0 Å². The minimum absolute atomic E-state index is 0.348. The molecule has 16 heavy (non-hydrogen) atoms. The largest absolute Gasteiger partial charge is 0.379 e.